The zero-order valence-corrected chi connectivity index (χ0v) is 16.4. The minimum Gasteiger partial charge on any atom is -0.497 e. The lowest BCUT2D eigenvalue weighted by molar-refractivity contribution is -0.120. The van der Waals surface area contributed by atoms with Crippen molar-refractivity contribution in [3.63, 3.8) is 0 Å². The summed E-state index contributed by atoms with van der Waals surface area (Å²) < 4.78 is 5.19. The molecule has 144 valence electrons. The molecule has 0 saturated carbocycles. The lowest BCUT2D eigenvalue weighted by Gasteiger charge is -2.36. The number of hydrogen-bond acceptors (Lipinski definition) is 4. The van der Waals surface area contributed by atoms with Gasteiger partial charge in [-0.15, -0.1) is 0 Å². The monoisotopic (exact) mass is 387 g/mol. The minimum absolute atomic E-state index is 0.0445. The molecule has 1 aliphatic rings. The molecule has 1 fully saturated rings. The van der Waals surface area contributed by atoms with Gasteiger partial charge in [-0.3, -0.25) is 9.69 Å². The average Bonchev–Trinajstić information content (AvgIpc) is 2.69. The molecule has 1 amide bonds. The minimum atomic E-state index is 0.0445. The van der Waals surface area contributed by atoms with Gasteiger partial charge in [0, 0.05) is 50.0 Å². The molecule has 6 heteroatoms. The number of anilines is 1. The van der Waals surface area contributed by atoms with Gasteiger partial charge in [-0.05, 0) is 42.0 Å². The molecular formula is C21H26ClN3O2. The topological polar surface area (TPSA) is 44.8 Å². The maximum Gasteiger partial charge on any atom is 0.224 e. The summed E-state index contributed by atoms with van der Waals surface area (Å²) in [6, 6.07) is 15.6. The zero-order chi connectivity index (χ0) is 19.1. The second-order valence-electron chi connectivity index (χ2n) is 6.68. The van der Waals surface area contributed by atoms with E-state index in [9.17, 15) is 4.79 Å². The van der Waals surface area contributed by atoms with Crippen molar-refractivity contribution in [1.29, 1.82) is 0 Å². The summed E-state index contributed by atoms with van der Waals surface area (Å²) >= 11 is 5.96. The SMILES string of the molecule is COc1cccc(CC(=O)NCCN2CCN(c3ccc(Cl)cc3)CC2)c1. The quantitative estimate of drug-likeness (QED) is 0.793. The maximum atomic E-state index is 12.1. The average molecular weight is 388 g/mol. The van der Waals surface area contributed by atoms with E-state index in [0.717, 1.165) is 49.1 Å². The Morgan fingerprint density at radius 3 is 2.56 bits per heavy atom. The van der Waals surface area contributed by atoms with Crippen molar-refractivity contribution in [2.45, 2.75) is 6.42 Å². The van der Waals surface area contributed by atoms with E-state index in [4.69, 9.17) is 16.3 Å². The number of ether oxygens (including phenoxy) is 1. The lowest BCUT2D eigenvalue weighted by atomic mass is 10.1. The molecular weight excluding hydrogens is 362 g/mol. The number of rotatable bonds is 7. The molecule has 1 N–H and O–H groups in total. The number of nitrogens with zero attached hydrogens (tertiary/aromatic N) is 2. The Balaban J connectivity index is 1.36. The van der Waals surface area contributed by atoms with E-state index in [-0.39, 0.29) is 5.91 Å². The normalized spacial score (nSPS) is 14.8. The van der Waals surface area contributed by atoms with Crippen LogP contribution in [0.3, 0.4) is 0 Å². The van der Waals surface area contributed by atoms with Crippen LogP contribution < -0.4 is 15.0 Å². The van der Waals surface area contributed by atoms with Gasteiger partial charge in [0.05, 0.1) is 13.5 Å². The molecule has 0 aromatic heterocycles. The highest BCUT2D eigenvalue weighted by molar-refractivity contribution is 6.30. The van der Waals surface area contributed by atoms with Gasteiger partial charge >= 0.3 is 0 Å². The van der Waals surface area contributed by atoms with Gasteiger partial charge in [0.2, 0.25) is 5.91 Å². The van der Waals surface area contributed by atoms with E-state index in [1.165, 1.54) is 5.69 Å². The van der Waals surface area contributed by atoms with Gasteiger partial charge < -0.3 is 15.0 Å². The summed E-state index contributed by atoms with van der Waals surface area (Å²) in [4.78, 5) is 16.9. The Kier molecular flexibility index (Phi) is 6.96. The van der Waals surface area contributed by atoms with Gasteiger partial charge in [-0.25, -0.2) is 0 Å². The van der Waals surface area contributed by atoms with Crippen molar-refractivity contribution < 1.29 is 9.53 Å². The van der Waals surface area contributed by atoms with Gasteiger partial charge in [-0.1, -0.05) is 23.7 Å². The molecule has 0 spiro atoms. The molecule has 0 bridgehead atoms. The Bertz CT molecular complexity index is 743. The molecule has 2 aromatic rings. The number of nitrogens with one attached hydrogen (secondary N) is 1. The van der Waals surface area contributed by atoms with Gasteiger partial charge in [0.1, 0.15) is 5.75 Å². The first-order valence-electron chi connectivity index (χ1n) is 9.26. The molecule has 1 saturated heterocycles. The molecule has 0 atom stereocenters. The second-order valence-corrected chi connectivity index (χ2v) is 7.12. The van der Waals surface area contributed by atoms with Crippen LogP contribution in [0.25, 0.3) is 0 Å². The fourth-order valence-corrected chi connectivity index (χ4v) is 3.39. The fourth-order valence-electron chi connectivity index (χ4n) is 3.27. The standard InChI is InChI=1S/C21H26ClN3O2/c1-27-20-4-2-3-17(15-20)16-21(26)23-9-10-24-11-13-25(14-12-24)19-7-5-18(22)6-8-19/h2-8,15H,9-14,16H2,1H3,(H,23,26). The first-order valence-corrected chi connectivity index (χ1v) is 9.64. The van der Waals surface area contributed by atoms with E-state index in [0.29, 0.717) is 13.0 Å². The number of halogens is 1. The van der Waals surface area contributed by atoms with Crippen LogP contribution in [0.1, 0.15) is 5.56 Å². The molecule has 27 heavy (non-hydrogen) atoms. The number of carbonyl (C=O) groups is 1. The van der Waals surface area contributed by atoms with Crippen LogP contribution in [0.4, 0.5) is 5.69 Å². The third kappa shape index (κ3) is 5.88. The Morgan fingerprint density at radius 2 is 1.85 bits per heavy atom. The summed E-state index contributed by atoms with van der Waals surface area (Å²) in [5.41, 5.74) is 2.18. The molecule has 1 heterocycles. The molecule has 5 nitrogen and oxygen atoms in total. The van der Waals surface area contributed by atoms with E-state index in [1.807, 2.05) is 36.4 Å². The molecule has 2 aromatic carbocycles. The Hall–Kier alpha value is -2.24. The number of amides is 1. The zero-order valence-electron chi connectivity index (χ0n) is 15.7. The van der Waals surface area contributed by atoms with Crippen molar-refractivity contribution in [2.24, 2.45) is 0 Å². The van der Waals surface area contributed by atoms with Crippen molar-refractivity contribution in [3.05, 3.63) is 59.1 Å². The third-order valence-electron chi connectivity index (χ3n) is 4.81. The van der Waals surface area contributed by atoms with Gasteiger partial charge in [0.15, 0.2) is 0 Å². The largest absolute Gasteiger partial charge is 0.497 e. The number of piperazine rings is 1. The van der Waals surface area contributed by atoms with Crippen molar-refractivity contribution in [2.75, 3.05) is 51.3 Å². The van der Waals surface area contributed by atoms with Crippen LogP contribution in [0.2, 0.25) is 5.02 Å². The smallest absolute Gasteiger partial charge is 0.224 e. The highest BCUT2D eigenvalue weighted by atomic mass is 35.5. The molecule has 0 aliphatic carbocycles. The number of benzene rings is 2. The van der Waals surface area contributed by atoms with Crippen LogP contribution in [-0.2, 0) is 11.2 Å². The number of carbonyl (C=O) groups excluding carboxylic acids is 1. The van der Waals surface area contributed by atoms with E-state index < -0.39 is 0 Å². The number of hydrogen-bond donors (Lipinski definition) is 1. The summed E-state index contributed by atoms with van der Waals surface area (Å²) in [6.45, 7) is 5.50. The predicted molar refractivity (Wildman–Crippen MR) is 110 cm³/mol. The molecule has 3 rings (SSSR count). The Labute approximate surface area is 165 Å². The van der Waals surface area contributed by atoms with Crippen molar-refractivity contribution >= 4 is 23.2 Å². The highest BCUT2D eigenvalue weighted by Gasteiger charge is 2.17. The van der Waals surface area contributed by atoms with E-state index in [1.54, 1.807) is 7.11 Å². The van der Waals surface area contributed by atoms with E-state index >= 15 is 0 Å². The Morgan fingerprint density at radius 1 is 1.11 bits per heavy atom. The highest BCUT2D eigenvalue weighted by Crippen LogP contribution is 2.19. The van der Waals surface area contributed by atoms with Crippen LogP contribution >= 0.6 is 11.6 Å². The number of methoxy groups -OCH3 is 1. The van der Waals surface area contributed by atoms with Crippen molar-refractivity contribution in [1.82, 2.24) is 10.2 Å². The molecule has 0 unspecified atom stereocenters. The summed E-state index contributed by atoms with van der Waals surface area (Å²) in [5.74, 6) is 0.821. The van der Waals surface area contributed by atoms with Crippen LogP contribution in [0, 0.1) is 0 Å². The third-order valence-corrected chi connectivity index (χ3v) is 5.07. The first kappa shape index (κ1) is 19.5. The van der Waals surface area contributed by atoms with E-state index in [2.05, 4.69) is 27.2 Å². The van der Waals surface area contributed by atoms with Gasteiger partial charge in [-0.2, -0.15) is 0 Å². The van der Waals surface area contributed by atoms with Crippen LogP contribution in [0.5, 0.6) is 5.75 Å². The van der Waals surface area contributed by atoms with Crippen molar-refractivity contribution in [3.8, 4) is 5.75 Å². The fraction of sp³-hybridized carbons (Fsp3) is 0.381. The molecule has 0 radical (unpaired) electrons. The lowest BCUT2D eigenvalue weighted by Crippen LogP contribution is -2.48. The summed E-state index contributed by atoms with van der Waals surface area (Å²) in [7, 11) is 1.63. The van der Waals surface area contributed by atoms with Crippen LogP contribution in [0.15, 0.2) is 48.5 Å². The van der Waals surface area contributed by atoms with Gasteiger partial charge in [0.25, 0.3) is 0 Å². The first-order chi connectivity index (χ1) is 13.1. The van der Waals surface area contributed by atoms with Crippen LogP contribution in [-0.4, -0.2) is 57.2 Å². The summed E-state index contributed by atoms with van der Waals surface area (Å²) in [5, 5.41) is 3.78. The maximum absolute atomic E-state index is 12.1. The second kappa shape index (κ2) is 9.62. The predicted octanol–water partition coefficient (Wildman–Crippen LogP) is 2.83. The molecule has 1 aliphatic heterocycles. The summed E-state index contributed by atoms with van der Waals surface area (Å²) in [6.07, 6.45) is 0.377.